The summed E-state index contributed by atoms with van der Waals surface area (Å²) in [6.45, 7) is 7.18. The van der Waals surface area contributed by atoms with Crippen LogP contribution < -0.4 is 5.32 Å². The number of hydrogen-bond acceptors (Lipinski definition) is 3. The largest absolute Gasteiger partial charge is 0.346 e. The number of piperidine rings is 1. The van der Waals surface area contributed by atoms with Crippen molar-refractivity contribution in [3.8, 4) is 0 Å². The molecule has 3 atom stereocenters. The Morgan fingerprint density at radius 3 is 2.14 bits per heavy atom. The molecule has 0 bridgehead atoms. The molecule has 0 spiro atoms. The number of benzene rings is 2. The first-order valence-electron chi connectivity index (χ1n) is 9.73. The van der Waals surface area contributed by atoms with Gasteiger partial charge in [-0.25, -0.2) is 8.42 Å². The van der Waals surface area contributed by atoms with E-state index >= 15 is 0 Å². The van der Waals surface area contributed by atoms with Crippen LogP contribution in [0.1, 0.15) is 49.2 Å². The smallest absolute Gasteiger partial charge is 0.251 e. The normalized spacial score (nSPS) is 21.8. The van der Waals surface area contributed by atoms with Gasteiger partial charge in [-0.3, -0.25) is 4.79 Å². The van der Waals surface area contributed by atoms with Crippen LogP contribution in [-0.4, -0.2) is 31.7 Å². The average Bonchev–Trinajstić information content (AvgIpc) is 2.68. The van der Waals surface area contributed by atoms with Gasteiger partial charge in [-0.2, -0.15) is 4.31 Å². The summed E-state index contributed by atoms with van der Waals surface area (Å²) in [7, 11) is -3.53. The fourth-order valence-electron chi connectivity index (χ4n) is 3.83. The van der Waals surface area contributed by atoms with E-state index in [1.54, 1.807) is 16.4 Å². The lowest BCUT2D eigenvalue weighted by Crippen LogP contribution is -2.42. The first kappa shape index (κ1) is 20.6. The lowest BCUT2D eigenvalue weighted by Gasteiger charge is -2.34. The first-order chi connectivity index (χ1) is 13.3. The molecule has 1 amide bonds. The van der Waals surface area contributed by atoms with Crippen molar-refractivity contribution in [2.24, 2.45) is 11.8 Å². The van der Waals surface area contributed by atoms with Crippen molar-refractivity contribution < 1.29 is 13.2 Å². The van der Waals surface area contributed by atoms with E-state index in [9.17, 15) is 13.2 Å². The second-order valence-corrected chi connectivity index (χ2v) is 9.84. The number of rotatable bonds is 5. The summed E-state index contributed by atoms with van der Waals surface area (Å²) >= 11 is 0. The first-order valence-corrected chi connectivity index (χ1v) is 11.2. The zero-order valence-electron chi connectivity index (χ0n) is 16.6. The number of sulfonamides is 1. The summed E-state index contributed by atoms with van der Waals surface area (Å²) in [6, 6.07) is 15.8. The van der Waals surface area contributed by atoms with Gasteiger partial charge >= 0.3 is 0 Å². The number of carbonyl (C=O) groups excluding carboxylic acids is 1. The Bertz CT molecular complexity index is 901. The van der Waals surface area contributed by atoms with Gasteiger partial charge in [0.15, 0.2) is 0 Å². The van der Waals surface area contributed by atoms with E-state index in [-0.39, 0.29) is 16.8 Å². The molecule has 5 nitrogen and oxygen atoms in total. The summed E-state index contributed by atoms with van der Waals surface area (Å²) in [6.07, 6.45) is 1.05. The van der Waals surface area contributed by atoms with Crippen molar-refractivity contribution in [3.05, 3.63) is 65.7 Å². The van der Waals surface area contributed by atoms with Crippen LogP contribution in [0, 0.1) is 11.8 Å². The van der Waals surface area contributed by atoms with E-state index < -0.39 is 10.0 Å². The predicted octanol–water partition coefficient (Wildman–Crippen LogP) is 3.84. The molecule has 1 saturated heterocycles. The van der Waals surface area contributed by atoms with Crippen molar-refractivity contribution in [1.29, 1.82) is 0 Å². The molecule has 1 aliphatic heterocycles. The van der Waals surface area contributed by atoms with Crippen LogP contribution in [0.5, 0.6) is 0 Å². The maximum absolute atomic E-state index is 12.9. The molecule has 0 aliphatic carbocycles. The summed E-state index contributed by atoms with van der Waals surface area (Å²) in [5, 5.41) is 2.95. The highest BCUT2D eigenvalue weighted by molar-refractivity contribution is 7.89. The van der Waals surface area contributed by atoms with Gasteiger partial charge in [-0.05, 0) is 55.0 Å². The van der Waals surface area contributed by atoms with Crippen LogP contribution in [0.15, 0.2) is 59.5 Å². The van der Waals surface area contributed by atoms with Crippen LogP contribution >= 0.6 is 0 Å². The summed E-state index contributed by atoms with van der Waals surface area (Å²) in [5.41, 5.74) is 1.46. The molecular weight excluding hydrogens is 372 g/mol. The zero-order valence-corrected chi connectivity index (χ0v) is 17.4. The number of hydrogen-bond donors (Lipinski definition) is 1. The number of nitrogens with one attached hydrogen (secondary N) is 1. The number of amides is 1. The Morgan fingerprint density at radius 2 is 1.57 bits per heavy atom. The summed E-state index contributed by atoms with van der Waals surface area (Å²) < 4.78 is 27.5. The van der Waals surface area contributed by atoms with E-state index in [0.29, 0.717) is 30.5 Å². The quantitative estimate of drug-likeness (QED) is 0.829. The van der Waals surface area contributed by atoms with Gasteiger partial charge in [0, 0.05) is 18.7 Å². The molecule has 3 rings (SSSR count). The van der Waals surface area contributed by atoms with Crippen LogP contribution in [0.2, 0.25) is 0 Å². The third kappa shape index (κ3) is 4.62. The van der Waals surface area contributed by atoms with Gasteiger partial charge < -0.3 is 5.32 Å². The summed E-state index contributed by atoms with van der Waals surface area (Å²) in [5.74, 6) is 0.478. The topological polar surface area (TPSA) is 66.5 Å². The predicted molar refractivity (Wildman–Crippen MR) is 110 cm³/mol. The Balaban J connectivity index is 1.71. The van der Waals surface area contributed by atoms with Gasteiger partial charge in [-0.1, -0.05) is 44.2 Å². The van der Waals surface area contributed by atoms with E-state index in [4.69, 9.17) is 0 Å². The maximum Gasteiger partial charge on any atom is 0.251 e. The van der Waals surface area contributed by atoms with Gasteiger partial charge in [0.25, 0.3) is 5.91 Å². The number of carbonyl (C=O) groups is 1. The standard InChI is InChI=1S/C22H28N2O3S/c1-16-13-17(2)15-24(14-16)28(26,27)21-11-9-20(10-12-21)22(25)23-18(3)19-7-5-4-6-8-19/h4-12,16-18H,13-15H2,1-3H3,(H,23,25)/t16-,17-,18-/m0/s1. The Kier molecular flexibility index (Phi) is 6.20. The van der Waals surface area contributed by atoms with Crippen LogP contribution in [-0.2, 0) is 10.0 Å². The van der Waals surface area contributed by atoms with Gasteiger partial charge in [0.05, 0.1) is 10.9 Å². The minimum atomic E-state index is -3.53. The molecule has 1 N–H and O–H groups in total. The Labute approximate surface area is 167 Å². The van der Waals surface area contributed by atoms with Crippen molar-refractivity contribution in [1.82, 2.24) is 9.62 Å². The maximum atomic E-state index is 12.9. The van der Waals surface area contributed by atoms with Gasteiger partial charge in [0.1, 0.15) is 0 Å². The molecule has 1 aliphatic rings. The highest BCUT2D eigenvalue weighted by atomic mass is 32.2. The van der Waals surface area contributed by atoms with Gasteiger partial charge in [0.2, 0.25) is 10.0 Å². The third-order valence-electron chi connectivity index (χ3n) is 5.24. The van der Waals surface area contributed by atoms with Crippen LogP contribution in [0.3, 0.4) is 0 Å². The molecule has 150 valence electrons. The molecule has 0 radical (unpaired) electrons. The molecule has 0 unspecified atom stereocenters. The second kappa shape index (κ2) is 8.45. The highest BCUT2D eigenvalue weighted by Gasteiger charge is 2.31. The highest BCUT2D eigenvalue weighted by Crippen LogP contribution is 2.26. The summed E-state index contributed by atoms with van der Waals surface area (Å²) in [4.78, 5) is 12.7. The van der Waals surface area contributed by atoms with Gasteiger partial charge in [-0.15, -0.1) is 0 Å². The lowest BCUT2D eigenvalue weighted by atomic mass is 9.94. The van der Waals surface area contributed by atoms with Crippen molar-refractivity contribution in [3.63, 3.8) is 0 Å². The fourth-order valence-corrected chi connectivity index (χ4v) is 5.51. The molecule has 0 aromatic heterocycles. The lowest BCUT2D eigenvalue weighted by molar-refractivity contribution is 0.0940. The molecule has 2 aromatic carbocycles. The molecule has 1 fully saturated rings. The van der Waals surface area contributed by atoms with Crippen LogP contribution in [0.4, 0.5) is 0 Å². The van der Waals surface area contributed by atoms with E-state index in [2.05, 4.69) is 19.2 Å². The molecule has 6 heteroatoms. The molecule has 0 saturated carbocycles. The molecule has 28 heavy (non-hydrogen) atoms. The van der Waals surface area contributed by atoms with E-state index in [1.807, 2.05) is 37.3 Å². The minimum absolute atomic E-state index is 0.131. The van der Waals surface area contributed by atoms with Crippen molar-refractivity contribution in [2.45, 2.75) is 38.1 Å². The van der Waals surface area contributed by atoms with Crippen molar-refractivity contribution in [2.75, 3.05) is 13.1 Å². The average molecular weight is 401 g/mol. The fraction of sp³-hybridized carbons (Fsp3) is 0.409. The van der Waals surface area contributed by atoms with Crippen molar-refractivity contribution >= 4 is 15.9 Å². The number of nitrogens with zero attached hydrogens (tertiary/aromatic N) is 1. The SMILES string of the molecule is C[C@H]1C[C@H](C)CN(S(=O)(=O)c2ccc(C(=O)N[C@@H](C)c3ccccc3)cc2)C1. The second-order valence-electron chi connectivity index (χ2n) is 7.90. The van der Waals surface area contributed by atoms with E-state index in [1.165, 1.54) is 12.1 Å². The molecular formula is C22H28N2O3S. The van der Waals surface area contributed by atoms with Crippen LogP contribution in [0.25, 0.3) is 0 Å². The minimum Gasteiger partial charge on any atom is -0.346 e. The Morgan fingerprint density at radius 1 is 1.00 bits per heavy atom. The third-order valence-corrected chi connectivity index (χ3v) is 7.08. The molecule has 1 heterocycles. The molecule has 2 aromatic rings. The zero-order chi connectivity index (χ0) is 20.3. The van der Waals surface area contributed by atoms with E-state index in [0.717, 1.165) is 12.0 Å². The monoisotopic (exact) mass is 400 g/mol. The Hall–Kier alpha value is -2.18.